The van der Waals surface area contributed by atoms with Crippen molar-refractivity contribution in [1.29, 1.82) is 0 Å². The van der Waals surface area contributed by atoms with Gasteiger partial charge in [-0.05, 0) is 45.5 Å². The monoisotopic (exact) mass is 606 g/mol. The van der Waals surface area contributed by atoms with E-state index in [0.717, 1.165) is 29.4 Å². The van der Waals surface area contributed by atoms with Crippen molar-refractivity contribution in [2.45, 2.75) is 84.5 Å². The lowest BCUT2D eigenvalue weighted by Gasteiger charge is -2.45. The number of nitrogens with zero attached hydrogens (tertiary/aromatic N) is 5. The molecular weight excluding hydrogens is 564 g/mol. The quantitative estimate of drug-likeness (QED) is 0.192. The molecule has 6 heteroatoms. The van der Waals surface area contributed by atoms with Crippen LogP contribution in [-0.4, -0.2) is 28.9 Å². The maximum atomic E-state index is 5.06. The smallest absolute Gasteiger partial charge is 0.180 e. The molecule has 46 heavy (non-hydrogen) atoms. The van der Waals surface area contributed by atoms with Gasteiger partial charge in [-0.15, -0.1) is 0 Å². The molecule has 7 aromatic rings. The van der Waals surface area contributed by atoms with E-state index < -0.39 is 0 Å². The molecule has 0 saturated heterocycles. The van der Waals surface area contributed by atoms with Crippen LogP contribution in [0.15, 0.2) is 79.4 Å². The van der Waals surface area contributed by atoms with Gasteiger partial charge in [-0.25, -0.2) is 15.0 Å². The highest BCUT2D eigenvalue weighted by atomic mass is 15.1. The SMILES string of the molecule is CC(C)c1cccc(C(C)C)c1-n1ccnc1-c1ncc(Cc2ccc3c(c2)c2ncc4n2c2c(cccc32)C(C)(C)C4(C)C)[nH]1. The van der Waals surface area contributed by atoms with E-state index in [1.165, 1.54) is 55.3 Å². The lowest BCUT2D eigenvalue weighted by atomic mass is 9.61. The number of nitrogens with one attached hydrogen (secondary N) is 1. The Bertz CT molecular complexity index is 2280. The van der Waals surface area contributed by atoms with Gasteiger partial charge in [-0.2, -0.15) is 0 Å². The molecule has 8 rings (SSSR count). The molecule has 0 radical (unpaired) electrons. The number of pyridine rings is 1. The molecule has 232 valence electrons. The minimum atomic E-state index is -0.0668. The number of hydrogen-bond donors (Lipinski definition) is 1. The Hall–Kier alpha value is -4.71. The zero-order valence-corrected chi connectivity index (χ0v) is 28.1. The predicted molar refractivity (Wildman–Crippen MR) is 188 cm³/mol. The Morgan fingerprint density at radius 2 is 1.50 bits per heavy atom. The second-order valence-corrected chi connectivity index (χ2v) is 14.8. The number of aromatic amines is 1. The summed E-state index contributed by atoms with van der Waals surface area (Å²) in [7, 11) is 0. The van der Waals surface area contributed by atoms with E-state index in [4.69, 9.17) is 15.0 Å². The number of aromatic nitrogens is 6. The standard InChI is InChI=1S/C40H42N6/c1-23(2)27-11-9-12-28(24(3)4)34(27)45-18-17-41-38(45)36-42-21-26(44-36)19-25-15-16-29-30-13-10-14-32-35(30)46-33(40(7,8)39(32,5)6)22-43-37(46)31(29)20-25/h9-18,20-24H,19H2,1-8H3,(H,42,44). The molecule has 3 aromatic carbocycles. The van der Waals surface area contributed by atoms with Crippen molar-refractivity contribution in [1.82, 2.24) is 28.9 Å². The summed E-state index contributed by atoms with van der Waals surface area (Å²) in [6.45, 7) is 18.5. The van der Waals surface area contributed by atoms with Gasteiger partial charge in [-0.3, -0.25) is 8.97 Å². The van der Waals surface area contributed by atoms with Gasteiger partial charge >= 0.3 is 0 Å². The molecule has 6 nitrogen and oxygen atoms in total. The van der Waals surface area contributed by atoms with Crippen LogP contribution < -0.4 is 0 Å². The summed E-state index contributed by atoms with van der Waals surface area (Å²) < 4.78 is 4.64. The summed E-state index contributed by atoms with van der Waals surface area (Å²) in [4.78, 5) is 18.3. The average Bonchev–Trinajstić information content (AvgIpc) is 3.80. The number of hydrogen-bond acceptors (Lipinski definition) is 3. The van der Waals surface area contributed by atoms with Crippen LogP contribution in [0.25, 0.3) is 44.7 Å². The minimum absolute atomic E-state index is 0.0245. The summed E-state index contributed by atoms with van der Waals surface area (Å²) in [6, 6.07) is 20.3. The molecule has 1 aliphatic rings. The lowest BCUT2D eigenvalue weighted by molar-refractivity contribution is 0.288. The van der Waals surface area contributed by atoms with Crippen molar-refractivity contribution < 1.29 is 0 Å². The van der Waals surface area contributed by atoms with Crippen LogP contribution in [0, 0.1) is 0 Å². The zero-order valence-electron chi connectivity index (χ0n) is 28.1. The van der Waals surface area contributed by atoms with Gasteiger partial charge in [-0.1, -0.05) is 104 Å². The Morgan fingerprint density at radius 3 is 2.24 bits per heavy atom. The van der Waals surface area contributed by atoms with Gasteiger partial charge in [0.15, 0.2) is 11.6 Å². The number of para-hydroxylation sites is 2. The topological polar surface area (TPSA) is 63.8 Å². The lowest BCUT2D eigenvalue weighted by Crippen LogP contribution is -2.44. The Labute approximate surface area is 270 Å². The van der Waals surface area contributed by atoms with Crippen LogP contribution in [0.5, 0.6) is 0 Å². The fraction of sp³-hybridized carbons (Fsp3) is 0.325. The summed E-state index contributed by atoms with van der Waals surface area (Å²) in [5.41, 5.74) is 11.0. The Kier molecular flexibility index (Phi) is 6.18. The normalized spacial score (nSPS) is 15.3. The van der Waals surface area contributed by atoms with Crippen LogP contribution in [-0.2, 0) is 17.3 Å². The zero-order chi connectivity index (χ0) is 32.1. The van der Waals surface area contributed by atoms with E-state index in [2.05, 4.69) is 136 Å². The van der Waals surface area contributed by atoms with Gasteiger partial charge in [0, 0.05) is 64.2 Å². The van der Waals surface area contributed by atoms with E-state index in [9.17, 15) is 0 Å². The molecule has 0 unspecified atom stereocenters. The molecule has 1 aliphatic heterocycles. The van der Waals surface area contributed by atoms with Crippen molar-refractivity contribution in [3.05, 3.63) is 113 Å². The molecular formula is C40H42N6. The first-order chi connectivity index (χ1) is 22.0. The van der Waals surface area contributed by atoms with E-state index in [1.807, 2.05) is 12.4 Å². The highest BCUT2D eigenvalue weighted by molar-refractivity contribution is 6.13. The summed E-state index contributed by atoms with van der Waals surface area (Å²) in [5, 5.41) is 3.72. The van der Waals surface area contributed by atoms with Crippen molar-refractivity contribution in [2.75, 3.05) is 0 Å². The van der Waals surface area contributed by atoms with Crippen LogP contribution in [0.2, 0.25) is 0 Å². The molecule has 1 N–H and O–H groups in total. The van der Waals surface area contributed by atoms with Crippen molar-refractivity contribution >= 4 is 27.3 Å². The Morgan fingerprint density at radius 1 is 0.761 bits per heavy atom. The summed E-state index contributed by atoms with van der Waals surface area (Å²) in [6.07, 6.45) is 8.73. The van der Waals surface area contributed by atoms with Gasteiger partial charge in [0.25, 0.3) is 0 Å². The second kappa shape index (κ2) is 9.89. The molecule has 0 fully saturated rings. The first-order valence-corrected chi connectivity index (χ1v) is 16.6. The predicted octanol–water partition coefficient (Wildman–Crippen LogP) is 9.62. The highest BCUT2D eigenvalue weighted by Crippen LogP contribution is 2.51. The van der Waals surface area contributed by atoms with E-state index >= 15 is 0 Å². The number of fused-ring (bicyclic) bond motifs is 3. The first-order valence-electron chi connectivity index (χ1n) is 16.6. The molecule has 0 bridgehead atoms. The molecule has 0 spiro atoms. The maximum absolute atomic E-state index is 5.06. The molecule has 0 atom stereocenters. The third kappa shape index (κ3) is 3.92. The fourth-order valence-electron chi connectivity index (χ4n) is 7.72. The fourth-order valence-corrected chi connectivity index (χ4v) is 7.72. The highest BCUT2D eigenvalue weighted by Gasteiger charge is 2.46. The largest absolute Gasteiger partial charge is 0.339 e. The van der Waals surface area contributed by atoms with Crippen molar-refractivity contribution in [2.24, 2.45) is 0 Å². The number of benzene rings is 3. The van der Waals surface area contributed by atoms with Gasteiger partial charge in [0.05, 0.1) is 11.2 Å². The first kappa shape index (κ1) is 28.7. The molecule has 5 heterocycles. The van der Waals surface area contributed by atoms with E-state index in [0.29, 0.717) is 11.8 Å². The molecule has 0 aliphatic carbocycles. The van der Waals surface area contributed by atoms with Gasteiger partial charge in [0.2, 0.25) is 0 Å². The van der Waals surface area contributed by atoms with Crippen LogP contribution in [0.4, 0.5) is 0 Å². The maximum Gasteiger partial charge on any atom is 0.180 e. The number of rotatable bonds is 6. The van der Waals surface area contributed by atoms with E-state index in [1.54, 1.807) is 0 Å². The summed E-state index contributed by atoms with van der Waals surface area (Å²) >= 11 is 0. The van der Waals surface area contributed by atoms with Crippen molar-refractivity contribution in [3.8, 4) is 17.3 Å². The third-order valence-corrected chi connectivity index (χ3v) is 11.0. The van der Waals surface area contributed by atoms with Gasteiger partial charge < -0.3 is 4.98 Å². The third-order valence-electron chi connectivity index (χ3n) is 11.0. The summed E-state index contributed by atoms with van der Waals surface area (Å²) in [5.74, 6) is 2.38. The van der Waals surface area contributed by atoms with Gasteiger partial charge in [0.1, 0.15) is 5.65 Å². The van der Waals surface area contributed by atoms with Crippen LogP contribution in [0.3, 0.4) is 0 Å². The number of H-pyrrole nitrogens is 1. The minimum Gasteiger partial charge on any atom is -0.339 e. The van der Waals surface area contributed by atoms with Crippen molar-refractivity contribution in [3.63, 3.8) is 0 Å². The molecule has 0 saturated carbocycles. The van der Waals surface area contributed by atoms with E-state index in [-0.39, 0.29) is 10.8 Å². The molecule has 4 aromatic heterocycles. The average molecular weight is 607 g/mol. The van der Waals surface area contributed by atoms with Crippen LogP contribution in [0.1, 0.15) is 101 Å². The Balaban J connectivity index is 1.21. The second-order valence-electron chi connectivity index (χ2n) is 14.8. The molecule has 0 amide bonds. The number of imidazole rings is 3. The van der Waals surface area contributed by atoms with Crippen LogP contribution >= 0.6 is 0 Å².